The molecule has 4 nitrogen and oxygen atoms in total. The number of benzene rings is 1. The molecule has 19 heavy (non-hydrogen) atoms. The molecule has 0 atom stereocenters. The van der Waals surface area contributed by atoms with Gasteiger partial charge in [0.2, 0.25) is 5.95 Å². The van der Waals surface area contributed by atoms with E-state index >= 15 is 0 Å². The van der Waals surface area contributed by atoms with Crippen molar-refractivity contribution in [3.63, 3.8) is 0 Å². The number of halogens is 2. The first kappa shape index (κ1) is 13.3. The molecule has 2 rings (SSSR count). The Bertz CT molecular complexity index is 511. The average molecular weight is 267 g/mol. The fraction of sp³-hybridized carbons (Fsp3) is 0.308. The fourth-order valence-corrected chi connectivity index (χ4v) is 1.67. The van der Waals surface area contributed by atoms with Crippen LogP contribution in [0.1, 0.15) is 13.3 Å². The monoisotopic (exact) mass is 267 g/mol. The second-order valence-corrected chi connectivity index (χ2v) is 3.92. The first-order valence-electron chi connectivity index (χ1n) is 6.03. The quantitative estimate of drug-likeness (QED) is 0.872. The summed E-state index contributed by atoms with van der Waals surface area (Å²) in [6, 6.07) is 6.42. The molecule has 0 aliphatic rings. The average Bonchev–Trinajstić information content (AvgIpc) is 2.85. The molecule has 1 aromatic carbocycles. The smallest absolute Gasteiger partial charge is 0.387 e. The second kappa shape index (κ2) is 6.17. The number of hydrogen-bond donors (Lipinski definition) is 1. The molecule has 0 unspecified atom stereocenters. The lowest BCUT2D eigenvalue weighted by molar-refractivity contribution is -0.0498. The van der Waals surface area contributed by atoms with E-state index in [4.69, 9.17) is 0 Å². The highest BCUT2D eigenvalue weighted by atomic mass is 19.3. The van der Waals surface area contributed by atoms with E-state index in [9.17, 15) is 8.78 Å². The van der Waals surface area contributed by atoms with E-state index in [0.29, 0.717) is 0 Å². The summed E-state index contributed by atoms with van der Waals surface area (Å²) in [4.78, 5) is 4.20. The minimum Gasteiger partial charge on any atom is -0.435 e. The van der Waals surface area contributed by atoms with Gasteiger partial charge in [-0.3, -0.25) is 4.57 Å². The van der Waals surface area contributed by atoms with E-state index in [2.05, 4.69) is 22.0 Å². The summed E-state index contributed by atoms with van der Waals surface area (Å²) < 4.78 is 30.3. The zero-order valence-corrected chi connectivity index (χ0v) is 10.5. The van der Waals surface area contributed by atoms with Gasteiger partial charge in [0, 0.05) is 24.6 Å². The Morgan fingerprint density at radius 2 is 2.05 bits per heavy atom. The summed E-state index contributed by atoms with van der Waals surface area (Å²) in [5, 5.41) is 3.19. The Morgan fingerprint density at radius 1 is 1.32 bits per heavy atom. The molecule has 0 fully saturated rings. The molecule has 0 amide bonds. The summed E-state index contributed by atoms with van der Waals surface area (Å²) in [5.74, 6) is 0.867. The highest BCUT2D eigenvalue weighted by molar-refractivity contribution is 5.44. The van der Waals surface area contributed by atoms with Crippen LogP contribution in [0.4, 0.5) is 14.7 Å². The number of nitrogens with one attached hydrogen (secondary N) is 1. The molecule has 1 aromatic heterocycles. The van der Waals surface area contributed by atoms with Crippen LogP contribution in [-0.4, -0.2) is 22.7 Å². The van der Waals surface area contributed by atoms with Crippen molar-refractivity contribution in [2.24, 2.45) is 0 Å². The van der Waals surface area contributed by atoms with Crippen molar-refractivity contribution >= 4 is 5.95 Å². The molecule has 6 heteroatoms. The molecule has 0 aliphatic carbocycles. The molecular formula is C13H15F2N3O. The Labute approximate surface area is 110 Å². The number of ether oxygens (including phenoxy) is 1. The van der Waals surface area contributed by atoms with Crippen LogP contribution < -0.4 is 10.1 Å². The standard InChI is InChI=1S/C13H15F2N3O/c1-2-7-16-13-17-8-9-18(13)10-3-5-11(6-4-10)19-12(14)15/h3-6,8-9,12H,2,7H2,1H3,(H,16,17). The molecule has 0 saturated carbocycles. The maximum atomic E-state index is 12.1. The van der Waals surface area contributed by atoms with Crippen LogP contribution in [0, 0.1) is 0 Å². The first-order valence-corrected chi connectivity index (χ1v) is 6.03. The Hall–Kier alpha value is -2.11. The fourth-order valence-electron chi connectivity index (χ4n) is 1.67. The summed E-state index contributed by atoms with van der Waals surface area (Å²) in [7, 11) is 0. The number of nitrogens with zero attached hydrogens (tertiary/aromatic N) is 2. The van der Waals surface area contributed by atoms with Crippen LogP contribution in [0.25, 0.3) is 5.69 Å². The lowest BCUT2D eigenvalue weighted by atomic mass is 10.3. The summed E-state index contributed by atoms with van der Waals surface area (Å²) in [6.07, 6.45) is 4.48. The van der Waals surface area contributed by atoms with Gasteiger partial charge >= 0.3 is 6.61 Å². The molecule has 0 aliphatic heterocycles. The maximum absolute atomic E-state index is 12.1. The third-order valence-electron chi connectivity index (χ3n) is 2.51. The minimum absolute atomic E-state index is 0.141. The van der Waals surface area contributed by atoms with Crippen LogP contribution in [-0.2, 0) is 0 Å². The molecule has 102 valence electrons. The number of aromatic nitrogens is 2. The van der Waals surface area contributed by atoms with Crippen LogP contribution in [0.3, 0.4) is 0 Å². The van der Waals surface area contributed by atoms with Gasteiger partial charge < -0.3 is 10.1 Å². The first-order chi connectivity index (χ1) is 9.20. The van der Waals surface area contributed by atoms with Crippen LogP contribution in [0.5, 0.6) is 5.75 Å². The Kier molecular flexibility index (Phi) is 4.33. The van der Waals surface area contributed by atoms with Crippen LogP contribution in [0.2, 0.25) is 0 Å². The minimum atomic E-state index is -2.80. The zero-order chi connectivity index (χ0) is 13.7. The third kappa shape index (κ3) is 3.43. The highest BCUT2D eigenvalue weighted by Gasteiger charge is 2.06. The van der Waals surface area contributed by atoms with Crippen molar-refractivity contribution in [3.05, 3.63) is 36.7 Å². The van der Waals surface area contributed by atoms with E-state index < -0.39 is 6.61 Å². The van der Waals surface area contributed by atoms with Crippen LogP contribution in [0.15, 0.2) is 36.7 Å². The van der Waals surface area contributed by atoms with Gasteiger partial charge in [0.15, 0.2) is 0 Å². The molecule has 0 spiro atoms. The van der Waals surface area contributed by atoms with Gasteiger partial charge in [-0.1, -0.05) is 6.92 Å². The number of anilines is 1. The number of alkyl halides is 2. The summed E-state index contributed by atoms with van der Waals surface area (Å²) in [5.41, 5.74) is 0.831. The van der Waals surface area contributed by atoms with Crippen molar-refractivity contribution in [1.82, 2.24) is 9.55 Å². The van der Waals surface area contributed by atoms with Crippen LogP contribution >= 0.6 is 0 Å². The van der Waals surface area contributed by atoms with Gasteiger partial charge in [-0.25, -0.2) is 4.98 Å². The van der Waals surface area contributed by atoms with E-state index in [0.717, 1.165) is 24.6 Å². The van der Waals surface area contributed by atoms with E-state index in [-0.39, 0.29) is 5.75 Å². The SMILES string of the molecule is CCCNc1nccn1-c1ccc(OC(F)F)cc1. The topological polar surface area (TPSA) is 39.1 Å². The Balaban J connectivity index is 2.15. The largest absolute Gasteiger partial charge is 0.435 e. The molecular weight excluding hydrogens is 252 g/mol. The van der Waals surface area contributed by atoms with E-state index in [1.807, 2.05) is 4.57 Å². The number of hydrogen-bond acceptors (Lipinski definition) is 3. The highest BCUT2D eigenvalue weighted by Crippen LogP contribution is 2.19. The molecule has 1 N–H and O–H groups in total. The molecule has 2 aromatic rings. The van der Waals surface area contributed by atoms with Gasteiger partial charge in [0.25, 0.3) is 0 Å². The van der Waals surface area contributed by atoms with E-state index in [1.54, 1.807) is 24.5 Å². The lowest BCUT2D eigenvalue weighted by Gasteiger charge is -2.10. The van der Waals surface area contributed by atoms with Gasteiger partial charge in [0.1, 0.15) is 5.75 Å². The van der Waals surface area contributed by atoms with Crippen molar-refractivity contribution < 1.29 is 13.5 Å². The Morgan fingerprint density at radius 3 is 2.68 bits per heavy atom. The van der Waals surface area contributed by atoms with Gasteiger partial charge in [0.05, 0.1) is 0 Å². The predicted octanol–water partition coefficient (Wildman–Crippen LogP) is 3.30. The van der Waals surface area contributed by atoms with E-state index in [1.165, 1.54) is 12.1 Å². The molecule has 0 radical (unpaired) electrons. The normalized spacial score (nSPS) is 10.7. The summed E-state index contributed by atoms with van der Waals surface area (Å²) in [6.45, 7) is 0.0845. The van der Waals surface area contributed by atoms with Crippen molar-refractivity contribution in [1.29, 1.82) is 0 Å². The molecule has 0 saturated heterocycles. The van der Waals surface area contributed by atoms with Gasteiger partial charge in [-0.05, 0) is 30.7 Å². The molecule has 1 heterocycles. The number of rotatable bonds is 6. The van der Waals surface area contributed by atoms with Crippen molar-refractivity contribution in [2.45, 2.75) is 20.0 Å². The van der Waals surface area contributed by atoms with Gasteiger partial charge in [-0.2, -0.15) is 8.78 Å². The molecule has 0 bridgehead atoms. The second-order valence-electron chi connectivity index (χ2n) is 3.92. The maximum Gasteiger partial charge on any atom is 0.387 e. The summed E-state index contributed by atoms with van der Waals surface area (Å²) >= 11 is 0. The number of imidazole rings is 1. The van der Waals surface area contributed by atoms with Crippen molar-refractivity contribution in [2.75, 3.05) is 11.9 Å². The van der Waals surface area contributed by atoms with Gasteiger partial charge in [-0.15, -0.1) is 0 Å². The predicted molar refractivity (Wildman–Crippen MR) is 69.0 cm³/mol. The third-order valence-corrected chi connectivity index (χ3v) is 2.51. The lowest BCUT2D eigenvalue weighted by Crippen LogP contribution is -2.07. The van der Waals surface area contributed by atoms with Crippen molar-refractivity contribution in [3.8, 4) is 11.4 Å². The zero-order valence-electron chi connectivity index (χ0n) is 10.5.